The van der Waals surface area contributed by atoms with Crippen molar-refractivity contribution < 1.29 is 0 Å². The van der Waals surface area contributed by atoms with Gasteiger partial charge in [-0.25, -0.2) is 4.98 Å². The molecule has 1 aliphatic rings. The Kier molecular flexibility index (Phi) is 2.52. The molecule has 0 saturated carbocycles. The molecule has 100 valence electrons. The van der Waals surface area contributed by atoms with E-state index in [1.807, 2.05) is 0 Å². The van der Waals surface area contributed by atoms with Crippen molar-refractivity contribution in [1.29, 1.82) is 0 Å². The standard InChI is InChI=1S/C17H17N3/c1-2-20-16-10-6-5-9-15(16)19-17(20)13-11-18-14-8-4-3-7-12(13)14/h3-10,13,18H,2,11H2,1H3. The van der Waals surface area contributed by atoms with Crippen molar-refractivity contribution in [3.63, 3.8) is 0 Å². The number of nitrogens with zero attached hydrogens (tertiary/aromatic N) is 2. The first-order valence-corrected chi connectivity index (χ1v) is 7.16. The third-order valence-electron chi connectivity index (χ3n) is 4.14. The molecular weight excluding hydrogens is 246 g/mol. The van der Waals surface area contributed by atoms with Crippen LogP contribution in [0.1, 0.15) is 24.2 Å². The van der Waals surface area contributed by atoms with Crippen LogP contribution in [-0.4, -0.2) is 16.1 Å². The van der Waals surface area contributed by atoms with Crippen molar-refractivity contribution in [1.82, 2.24) is 9.55 Å². The van der Waals surface area contributed by atoms with Crippen LogP contribution in [0.25, 0.3) is 11.0 Å². The Labute approximate surface area is 118 Å². The first kappa shape index (κ1) is 11.5. The molecule has 3 nitrogen and oxygen atoms in total. The van der Waals surface area contributed by atoms with Crippen LogP contribution in [0, 0.1) is 0 Å². The Hall–Kier alpha value is -2.29. The molecule has 0 amide bonds. The van der Waals surface area contributed by atoms with Crippen molar-refractivity contribution in [2.24, 2.45) is 0 Å². The van der Waals surface area contributed by atoms with E-state index >= 15 is 0 Å². The van der Waals surface area contributed by atoms with Crippen LogP contribution in [0.4, 0.5) is 5.69 Å². The average molecular weight is 263 g/mol. The number of anilines is 1. The summed E-state index contributed by atoms with van der Waals surface area (Å²) < 4.78 is 2.34. The molecule has 3 heteroatoms. The molecule has 1 aliphatic heterocycles. The second-order valence-corrected chi connectivity index (χ2v) is 5.22. The quantitative estimate of drug-likeness (QED) is 0.765. The summed E-state index contributed by atoms with van der Waals surface area (Å²) in [6.07, 6.45) is 0. The molecule has 1 atom stereocenters. The molecule has 0 radical (unpaired) electrons. The Bertz CT molecular complexity index is 773. The van der Waals surface area contributed by atoms with Crippen LogP contribution in [0.5, 0.6) is 0 Å². The van der Waals surface area contributed by atoms with Crippen LogP contribution in [0.3, 0.4) is 0 Å². The van der Waals surface area contributed by atoms with Crippen molar-refractivity contribution in [3.05, 3.63) is 59.9 Å². The van der Waals surface area contributed by atoms with Gasteiger partial charge in [0.15, 0.2) is 0 Å². The van der Waals surface area contributed by atoms with Gasteiger partial charge < -0.3 is 9.88 Å². The highest BCUT2D eigenvalue weighted by Gasteiger charge is 2.27. The summed E-state index contributed by atoms with van der Waals surface area (Å²) >= 11 is 0. The number of aromatic nitrogens is 2. The zero-order valence-electron chi connectivity index (χ0n) is 11.5. The molecule has 3 aromatic rings. The van der Waals surface area contributed by atoms with E-state index in [-0.39, 0.29) is 0 Å². The Morgan fingerprint density at radius 1 is 1.15 bits per heavy atom. The third kappa shape index (κ3) is 1.56. The molecule has 0 spiro atoms. The van der Waals surface area contributed by atoms with Gasteiger partial charge in [0.1, 0.15) is 5.82 Å². The topological polar surface area (TPSA) is 29.9 Å². The summed E-state index contributed by atoms with van der Waals surface area (Å²) in [6.45, 7) is 4.07. The van der Waals surface area contributed by atoms with Crippen LogP contribution >= 0.6 is 0 Å². The van der Waals surface area contributed by atoms with Crippen LogP contribution in [-0.2, 0) is 6.54 Å². The van der Waals surface area contributed by atoms with Gasteiger partial charge in [-0.2, -0.15) is 0 Å². The number of imidazole rings is 1. The van der Waals surface area contributed by atoms with Crippen LogP contribution in [0.2, 0.25) is 0 Å². The monoisotopic (exact) mass is 263 g/mol. The number of benzene rings is 2. The van der Waals surface area contributed by atoms with E-state index in [1.54, 1.807) is 0 Å². The smallest absolute Gasteiger partial charge is 0.119 e. The van der Waals surface area contributed by atoms with Gasteiger partial charge in [-0.3, -0.25) is 0 Å². The molecule has 0 saturated heterocycles. The maximum absolute atomic E-state index is 4.89. The number of rotatable bonds is 2. The van der Waals surface area contributed by atoms with Gasteiger partial charge in [0.2, 0.25) is 0 Å². The Morgan fingerprint density at radius 3 is 2.85 bits per heavy atom. The first-order valence-electron chi connectivity index (χ1n) is 7.16. The minimum Gasteiger partial charge on any atom is -0.384 e. The van der Waals surface area contributed by atoms with Gasteiger partial charge in [0.05, 0.1) is 17.0 Å². The predicted octanol–water partition coefficient (Wildman–Crippen LogP) is 3.61. The Balaban J connectivity index is 1.91. The molecule has 0 bridgehead atoms. The lowest BCUT2D eigenvalue weighted by molar-refractivity contribution is 0.683. The summed E-state index contributed by atoms with van der Waals surface area (Å²) in [5, 5.41) is 3.49. The molecule has 2 heterocycles. The summed E-state index contributed by atoms with van der Waals surface area (Å²) in [7, 11) is 0. The maximum atomic E-state index is 4.89. The number of para-hydroxylation sites is 3. The van der Waals surface area contributed by atoms with Gasteiger partial charge in [0.25, 0.3) is 0 Å². The normalized spacial score (nSPS) is 17.1. The van der Waals surface area contributed by atoms with Gasteiger partial charge in [-0.05, 0) is 30.7 Å². The summed E-state index contributed by atoms with van der Waals surface area (Å²) in [5.74, 6) is 1.52. The minimum atomic E-state index is 0.346. The van der Waals surface area contributed by atoms with E-state index in [9.17, 15) is 0 Å². The van der Waals surface area contributed by atoms with Crippen molar-refractivity contribution in [2.45, 2.75) is 19.4 Å². The molecule has 1 aromatic heterocycles. The second-order valence-electron chi connectivity index (χ2n) is 5.22. The molecule has 0 fully saturated rings. The van der Waals surface area contributed by atoms with E-state index in [1.165, 1.54) is 22.6 Å². The number of aryl methyl sites for hydroxylation is 1. The van der Waals surface area contributed by atoms with Crippen molar-refractivity contribution in [2.75, 3.05) is 11.9 Å². The molecule has 4 rings (SSSR count). The van der Waals surface area contributed by atoms with E-state index in [0.29, 0.717) is 5.92 Å². The third-order valence-corrected chi connectivity index (χ3v) is 4.14. The van der Waals surface area contributed by atoms with Gasteiger partial charge >= 0.3 is 0 Å². The lowest BCUT2D eigenvalue weighted by atomic mass is 10.0. The lowest BCUT2D eigenvalue weighted by Crippen LogP contribution is -2.11. The highest BCUT2D eigenvalue weighted by Crippen LogP contribution is 2.36. The van der Waals surface area contributed by atoms with E-state index in [2.05, 4.69) is 65.3 Å². The zero-order valence-corrected chi connectivity index (χ0v) is 11.5. The molecule has 0 aliphatic carbocycles. The molecule has 2 aromatic carbocycles. The summed E-state index contributed by atoms with van der Waals surface area (Å²) in [6, 6.07) is 16.9. The van der Waals surface area contributed by atoms with E-state index in [4.69, 9.17) is 4.98 Å². The van der Waals surface area contributed by atoms with E-state index in [0.717, 1.165) is 18.6 Å². The van der Waals surface area contributed by atoms with Gasteiger partial charge in [-0.15, -0.1) is 0 Å². The molecule has 1 unspecified atom stereocenters. The SMILES string of the molecule is CCn1c(C2CNc3ccccc32)nc2ccccc21. The number of hydrogen-bond donors (Lipinski definition) is 1. The fraction of sp³-hybridized carbons (Fsp3) is 0.235. The summed E-state index contributed by atoms with van der Waals surface area (Å²) in [4.78, 5) is 4.89. The second kappa shape index (κ2) is 4.37. The van der Waals surface area contributed by atoms with Gasteiger partial charge in [-0.1, -0.05) is 30.3 Å². The molecule has 20 heavy (non-hydrogen) atoms. The van der Waals surface area contributed by atoms with E-state index < -0.39 is 0 Å². The highest BCUT2D eigenvalue weighted by atomic mass is 15.1. The molecule has 1 N–H and O–H groups in total. The van der Waals surface area contributed by atoms with Crippen molar-refractivity contribution in [3.8, 4) is 0 Å². The lowest BCUT2D eigenvalue weighted by Gasteiger charge is -2.12. The Morgan fingerprint density at radius 2 is 1.95 bits per heavy atom. The molecular formula is C17H17N3. The fourth-order valence-corrected chi connectivity index (χ4v) is 3.21. The fourth-order valence-electron chi connectivity index (χ4n) is 3.21. The predicted molar refractivity (Wildman–Crippen MR) is 82.2 cm³/mol. The van der Waals surface area contributed by atoms with Gasteiger partial charge in [0, 0.05) is 18.8 Å². The largest absolute Gasteiger partial charge is 0.384 e. The van der Waals surface area contributed by atoms with Crippen LogP contribution in [0.15, 0.2) is 48.5 Å². The minimum absolute atomic E-state index is 0.346. The number of nitrogens with one attached hydrogen (secondary N) is 1. The highest BCUT2D eigenvalue weighted by molar-refractivity contribution is 5.76. The van der Waals surface area contributed by atoms with Crippen molar-refractivity contribution >= 4 is 16.7 Å². The average Bonchev–Trinajstić information content (AvgIpc) is 3.07. The maximum Gasteiger partial charge on any atom is 0.119 e. The summed E-state index contributed by atoms with van der Waals surface area (Å²) in [5.41, 5.74) is 4.92. The van der Waals surface area contributed by atoms with Crippen LogP contribution < -0.4 is 5.32 Å². The number of hydrogen-bond acceptors (Lipinski definition) is 2. The first-order chi connectivity index (χ1) is 9.88. The number of fused-ring (bicyclic) bond motifs is 2. The zero-order chi connectivity index (χ0) is 13.5.